The van der Waals surface area contributed by atoms with Crippen LogP contribution in [-0.4, -0.2) is 20.2 Å². The molecule has 2 aromatic heterocycles. The number of benzene rings is 1. The van der Waals surface area contributed by atoms with Crippen LogP contribution in [0, 0.1) is 0 Å². The molecule has 0 atom stereocenters. The highest BCUT2D eigenvalue weighted by Crippen LogP contribution is 2.41. The van der Waals surface area contributed by atoms with Crippen molar-refractivity contribution in [3.05, 3.63) is 35.5 Å². The summed E-state index contributed by atoms with van der Waals surface area (Å²) >= 11 is 0.786. The average molecular weight is 428 g/mol. The van der Waals surface area contributed by atoms with Crippen molar-refractivity contribution in [3.63, 3.8) is 0 Å². The zero-order chi connectivity index (χ0) is 16.1. The molecule has 4 nitrogen and oxygen atoms in total. The molecule has 2 N–H and O–H groups in total. The molecule has 0 saturated carbocycles. The molecule has 0 bridgehead atoms. The number of alkyl halides is 6. The number of rotatable bonds is 2. The molecule has 0 aliphatic heterocycles. The summed E-state index contributed by atoms with van der Waals surface area (Å²) in [6.07, 6.45) is -3.39. The summed E-state index contributed by atoms with van der Waals surface area (Å²) in [4.78, 5) is 6.45. The molecule has 0 amide bonds. The molecule has 0 aliphatic carbocycles. The number of imidazole rings is 1. The minimum absolute atomic E-state index is 0.0897. The lowest BCUT2D eigenvalue weighted by Crippen LogP contribution is -2.10. The van der Waals surface area contributed by atoms with Crippen molar-refractivity contribution in [2.75, 3.05) is 0 Å². The summed E-state index contributed by atoms with van der Waals surface area (Å²) in [5.41, 5.74) is -2.13. The van der Waals surface area contributed by atoms with Crippen LogP contribution < -0.4 is 0 Å². The van der Waals surface area contributed by atoms with E-state index < -0.39 is 26.7 Å². The first-order valence-electron chi connectivity index (χ1n) is 5.84. The van der Waals surface area contributed by atoms with Gasteiger partial charge in [-0.05, 0) is 18.2 Å². The predicted molar refractivity (Wildman–Crippen MR) is 76.6 cm³/mol. The van der Waals surface area contributed by atoms with Crippen LogP contribution in [0.3, 0.4) is 0 Å². The van der Waals surface area contributed by atoms with Gasteiger partial charge < -0.3 is 4.98 Å². The van der Waals surface area contributed by atoms with E-state index in [1.54, 1.807) is 0 Å². The van der Waals surface area contributed by atoms with Crippen LogP contribution in [0.5, 0.6) is 0 Å². The first-order chi connectivity index (χ1) is 10.2. The maximum absolute atomic E-state index is 13.4. The summed E-state index contributed by atoms with van der Waals surface area (Å²) in [6, 6.07) is 2.88. The van der Waals surface area contributed by atoms with Gasteiger partial charge in [0.1, 0.15) is 11.2 Å². The quantitative estimate of drug-likeness (QED) is 0.360. The molecule has 0 fully saturated rings. The van der Waals surface area contributed by atoms with E-state index in [0.29, 0.717) is 11.8 Å². The Labute approximate surface area is 133 Å². The van der Waals surface area contributed by atoms with Crippen molar-refractivity contribution in [2.45, 2.75) is 10.1 Å². The summed E-state index contributed by atoms with van der Waals surface area (Å²) < 4.78 is 62.7. The van der Waals surface area contributed by atoms with Crippen LogP contribution >= 0.6 is 22.6 Å². The smallest absolute Gasteiger partial charge is 0.337 e. The Bertz CT molecular complexity index is 817. The van der Waals surface area contributed by atoms with Gasteiger partial charge in [-0.1, -0.05) is 0 Å². The number of hydrogen-bond acceptors (Lipinski definition) is 2. The van der Waals surface area contributed by atoms with Gasteiger partial charge in [-0.25, -0.2) is 4.98 Å². The number of halogens is 6. The molecule has 116 valence electrons. The van der Waals surface area contributed by atoms with E-state index >= 15 is 0 Å². The van der Waals surface area contributed by atoms with E-state index in [9.17, 15) is 22.0 Å². The highest BCUT2D eigenvalue weighted by atomic mass is 127. The number of aromatic amines is 2. The van der Waals surface area contributed by atoms with Gasteiger partial charge in [0.05, 0.1) is 11.1 Å². The summed E-state index contributed by atoms with van der Waals surface area (Å²) in [5.74, 6) is 0.0897. The minimum atomic E-state index is -4.80. The molecule has 0 radical (unpaired) electrons. The van der Waals surface area contributed by atoms with Crippen LogP contribution in [0.2, 0.25) is 0 Å². The lowest BCUT2D eigenvalue weighted by Gasteiger charge is -2.13. The maximum Gasteiger partial charge on any atom is 0.418 e. The maximum atomic E-state index is 13.4. The number of nitrogens with one attached hydrogen (secondary N) is 2. The van der Waals surface area contributed by atoms with E-state index in [0.717, 1.165) is 28.7 Å². The van der Waals surface area contributed by atoms with Crippen molar-refractivity contribution < 1.29 is 22.0 Å². The van der Waals surface area contributed by atoms with Crippen molar-refractivity contribution in [3.8, 4) is 11.5 Å². The first kappa shape index (κ1) is 15.2. The van der Waals surface area contributed by atoms with Crippen molar-refractivity contribution >= 4 is 33.6 Å². The zero-order valence-corrected chi connectivity index (χ0v) is 12.6. The van der Waals surface area contributed by atoms with Crippen LogP contribution in [0.1, 0.15) is 11.1 Å². The summed E-state index contributed by atoms with van der Waals surface area (Å²) in [6.45, 7) is 0. The van der Waals surface area contributed by atoms with E-state index in [1.165, 1.54) is 12.3 Å². The number of nitrogens with zero attached hydrogens (tertiary/aromatic N) is 2. The van der Waals surface area contributed by atoms with Gasteiger partial charge in [-0.15, -0.1) is 0 Å². The monoisotopic (exact) mass is 428 g/mol. The van der Waals surface area contributed by atoms with Gasteiger partial charge >= 0.3 is 10.1 Å². The average Bonchev–Trinajstić information content (AvgIpc) is 3.03. The van der Waals surface area contributed by atoms with Gasteiger partial charge in [-0.3, -0.25) is 5.10 Å². The molecular weight excluding hydrogens is 422 g/mol. The predicted octanol–water partition coefficient (Wildman–Crippen LogP) is 4.46. The van der Waals surface area contributed by atoms with Crippen LogP contribution in [-0.2, 0) is 10.1 Å². The van der Waals surface area contributed by atoms with E-state index in [4.69, 9.17) is 0 Å². The summed E-state index contributed by atoms with van der Waals surface area (Å²) in [7, 11) is 0. The highest BCUT2D eigenvalue weighted by Gasteiger charge is 2.38. The molecule has 0 unspecified atom stereocenters. The number of aromatic nitrogens is 4. The van der Waals surface area contributed by atoms with E-state index in [-0.39, 0.29) is 11.3 Å². The summed E-state index contributed by atoms with van der Waals surface area (Å²) in [5, 5.41) is 6.21. The molecule has 0 spiro atoms. The molecule has 10 heteroatoms. The zero-order valence-electron chi connectivity index (χ0n) is 10.5. The van der Waals surface area contributed by atoms with Gasteiger partial charge in [0.15, 0.2) is 5.82 Å². The van der Waals surface area contributed by atoms with Gasteiger partial charge in [0.2, 0.25) is 0 Å². The normalized spacial score (nSPS) is 13.0. The molecule has 0 aliphatic rings. The fourth-order valence-electron chi connectivity index (χ4n) is 2.01. The largest absolute Gasteiger partial charge is 0.418 e. The Morgan fingerprint density at radius 1 is 1.09 bits per heavy atom. The first-order valence-corrected chi connectivity index (χ1v) is 6.92. The standard InChI is InChI=1S/C12H6F5IN4/c13-11(14,15)6-3-5(12(16,17)18)4-8-9(6)21-10(20-8)7-1-2-19-22-7/h1-4H,(H,19,22)(H,20,21). The number of H-pyrrole nitrogens is 2. The highest BCUT2D eigenvalue weighted by molar-refractivity contribution is 14.1. The van der Waals surface area contributed by atoms with Crippen LogP contribution in [0.25, 0.3) is 22.6 Å². The molecule has 1 aromatic carbocycles. The third-order valence-electron chi connectivity index (χ3n) is 2.98. The van der Waals surface area contributed by atoms with Crippen molar-refractivity contribution in [1.82, 2.24) is 20.2 Å². The minimum Gasteiger partial charge on any atom is -0.337 e. The van der Waals surface area contributed by atoms with Crippen LogP contribution in [0.15, 0.2) is 24.4 Å². The molecule has 3 aromatic rings. The van der Waals surface area contributed by atoms with Gasteiger partial charge in [0.25, 0.3) is 0 Å². The third-order valence-corrected chi connectivity index (χ3v) is 3.60. The van der Waals surface area contributed by atoms with Gasteiger partial charge in [-0.2, -0.15) is 27.1 Å². The molecule has 3 rings (SSSR count). The van der Waals surface area contributed by atoms with E-state index in [1.807, 2.05) is 0 Å². The topological polar surface area (TPSA) is 57.4 Å². The molecule has 2 heterocycles. The fourth-order valence-corrected chi connectivity index (χ4v) is 2.32. The Morgan fingerprint density at radius 3 is 2.36 bits per heavy atom. The fraction of sp³-hybridized carbons (Fsp3) is 0.167. The van der Waals surface area contributed by atoms with Crippen molar-refractivity contribution in [2.24, 2.45) is 0 Å². The Morgan fingerprint density at radius 2 is 1.82 bits per heavy atom. The third kappa shape index (κ3) is 2.66. The molecule has 22 heavy (non-hydrogen) atoms. The van der Waals surface area contributed by atoms with E-state index in [2.05, 4.69) is 20.2 Å². The van der Waals surface area contributed by atoms with Crippen molar-refractivity contribution in [1.29, 1.82) is 0 Å². The number of fused-ring (bicyclic) bond motifs is 1. The van der Waals surface area contributed by atoms with Crippen LogP contribution in [0.4, 0.5) is 22.0 Å². The molecular formula is C12H6F5IN4. The Kier molecular flexibility index (Phi) is 3.38. The van der Waals surface area contributed by atoms with Gasteiger partial charge in [0, 0.05) is 34.4 Å². The second kappa shape index (κ2) is 4.89. The Hall–Kier alpha value is -1.72. The number of hydrogen-bond donors (Lipinski definition) is 2. The second-order valence-corrected chi connectivity index (χ2v) is 5.83. The lowest BCUT2D eigenvalue weighted by molar-refractivity contribution is -0.136. The lowest BCUT2D eigenvalue weighted by atomic mass is 10.1. The SMILES string of the molecule is FC(F)(F)c1cc(C(F)(F)I)cc2[nH]c(-c3ccn[nH]3)nc12. The molecule has 0 saturated heterocycles. The Balaban J connectivity index is 2.29. The second-order valence-electron chi connectivity index (χ2n) is 4.47.